The van der Waals surface area contributed by atoms with E-state index in [4.69, 9.17) is 27.9 Å². The van der Waals surface area contributed by atoms with E-state index in [-0.39, 0.29) is 23.6 Å². The van der Waals surface area contributed by atoms with E-state index in [0.29, 0.717) is 28.8 Å². The molecule has 5 nitrogen and oxygen atoms in total. The molecule has 0 aromatic heterocycles. The summed E-state index contributed by atoms with van der Waals surface area (Å²) >= 11 is 13.8. The zero-order chi connectivity index (χ0) is 25.2. The maximum absolute atomic E-state index is 13.4. The molecule has 2 amide bonds. The molecule has 8 heteroatoms. The number of nitrogens with zero attached hydrogens (tertiary/aromatic N) is 1. The molecule has 2 aromatic rings. The van der Waals surface area contributed by atoms with E-state index < -0.39 is 6.04 Å². The topological polar surface area (TPSA) is 58.6 Å². The standard InChI is InChI=1S/C27H34Cl2N2O3S/c1-3-25(27(33)30-22-7-5-4-6-8-22)31(16-19-9-13-23(34-2)14-10-19)26(32)18-35-17-20-11-12-21(28)15-24(20)29/h9-15,22,25H,3-8,16-18H2,1-2H3,(H,30,33). The molecule has 0 radical (unpaired) electrons. The molecule has 0 saturated heterocycles. The molecule has 1 N–H and O–H groups in total. The van der Waals surface area contributed by atoms with Gasteiger partial charge in [0.1, 0.15) is 11.8 Å². The molecule has 190 valence electrons. The van der Waals surface area contributed by atoms with Gasteiger partial charge in [0.2, 0.25) is 11.8 Å². The molecule has 0 heterocycles. The largest absolute Gasteiger partial charge is 0.497 e. The molecular weight excluding hydrogens is 503 g/mol. The molecule has 2 aromatic carbocycles. The fourth-order valence-electron chi connectivity index (χ4n) is 4.36. The number of hydrogen-bond donors (Lipinski definition) is 1. The molecule has 1 unspecified atom stereocenters. The van der Waals surface area contributed by atoms with E-state index in [1.54, 1.807) is 24.1 Å². The van der Waals surface area contributed by atoms with Crippen molar-refractivity contribution in [3.63, 3.8) is 0 Å². The molecule has 0 bridgehead atoms. The van der Waals surface area contributed by atoms with Gasteiger partial charge in [-0.25, -0.2) is 0 Å². The Bertz CT molecular complexity index is 981. The predicted molar refractivity (Wildman–Crippen MR) is 145 cm³/mol. The highest BCUT2D eigenvalue weighted by Crippen LogP contribution is 2.26. The summed E-state index contributed by atoms with van der Waals surface area (Å²) in [5.41, 5.74) is 1.88. The lowest BCUT2D eigenvalue weighted by molar-refractivity contribution is -0.139. The lowest BCUT2D eigenvalue weighted by Gasteiger charge is -2.32. The highest BCUT2D eigenvalue weighted by atomic mass is 35.5. The van der Waals surface area contributed by atoms with Crippen molar-refractivity contribution >= 4 is 46.8 Å². The SMILES string of the molecule is CCC(C(=O)NC1CCCCC1)N(Cc1ccc(OC)cc1)C(=O)CSCc1ccc(Cl)cc1Cl. The van der Waals surface area contributed by atoms with Crippen LogP contribution in [0.15, 0.2) is 42.5 Å². The Hall–Kier alpha value is -1.89. The number of nitrogens with one attached hydrogen (secondary N) is 1. The van der Waals surface area contributed by atoms with Gasteiger partial charge in [-0.15, -0.1) is 11.8 Å². The van der Waals surface area contributed by atoms with Gasteiger partial charge in [0, 0.05) is 28.4 Å². The fourth-order valence-corrected chi connectivity index (χ4v) is 5.83. The summed E-state index contributed by atoms with van der Waals surface area (Å²) in [6.07, 6.45) is 6.06. The van der Waals surface area contributed by atoms with Crippen molar-refractivity contribution in [3.8, 4) is 5.75 Å². The molecule has 3 rings (SSSR count). The number of carbonyl (C=O) groups excluding carboxylic acids is 2. The van der Waals surface area contributed by atoms with Crippen LogP contribution in [0, 0.1) is 0 Å². The summed E-state index contributed by atoms with van der Waals surface area (Å²) in [6, 6.07) is 12.7. The number of rotatable bonds is 11. The zero-order valence-electron chi connectivity index (χ0n) is 20.4. The van der Waals surface area contributed by atoms with E-state index in [0.717, 1.165) is 42.6 Å². The van der Waals surface area contributed by atoms with Gasteiger partial charge in [0.15, 0.2) is 0 Å². The Balaban J connectivity index is 1.71. The summed E-state index contributed by atoms with van der Waals surface area (Å²) in [6.45, 7) is 2.32. The van der Waals surface area contributed by atoms with Crippen LogP contribution in [0.4, 0.5) is 0 Å². The number of halogens is 2. The number of hydrogen-bond acceptors (Lipinski definition) is 4. The second-order valence-corrected chi connectivity index (χ2v) is 10.7. The van der Waals surface area contributed by atoms with Gasteiger partial charge in [0.05, 0.1) is 12.9 Å². The Kier molecular flexibility index (Phi) is 11.1. The summed E-state index contributed by atoms with van der Waals surface area (Å²) in [5.74, 6) is 1.46. The van der Waals surface area contributed by atoms with Crippen LogP contribution < -0.4 is 10.1 Å². The van der Waals surface area contributed by atoms with Crippen LogP contribution in [-0.4, -0.2) is 41.7 Å². The molecule has 0 spiro atoms. The van der Waals surface area contributed by atoms with Gasteiger partial charge in [0.25, 0.3) is 0 Å². The summed E-state index contributed by atoms with van der Waals surface area (Å²) < 4.78 is 5.26. The van der Waals surface area contributed by atoms with Crippen molar-refractivity contribution in [3.05, 3.63) is 63.6 Å². The van der Waals surface area contributed by atoms with Crippen LogP contribution in [0.2, 0.25) is 10.0 Å². The first-order valence-electron chi connectivity index (χ1n) is 12.2. The van der Waals surface area contributed by atoms with E-state index in [2.05, 4.69) is 5.32 Å². The van der Waals surface area contributed by atoms with E-state index in [1.165, 1.54) is 18.2 Å². The van der Waals surface area contributed by atoms with Gasteiger partial charge < -0.3 is 15.0 Å². The van der Waals surface area contributed by atoms with Crippen molar-refractivity contribution in [2.24, 2.45) is 0 Å². The molecule has 0 aliphatic heterocycles. The van der Waals surface area contributed by atoms with Crippen LogP contribution in [0.5, 0.6) is 5.75 Å². The first-order chi connectivity index (χ1) is 16.9. The monoisotopic (exact) mass is 536 g/mol. The molecule has 1 aliphatic rings. The lowest BCUT2D eigenvalue weighted by Crippen LogP contribution is -2.52. The van der Waals surface area contributed by atoms with Crippen LogP contribution in [0.3, 0.4) is 0 Å². The Morgan fingerprint density at radius 1 is 1.11 bits per heavy atom. The molecule has 35 heavy (non-hydrogen) atoms. The maximum Gasteiger partial charge on any atom is 0.243 e. The van der Waals surface area contributed by atoms with Crippen molar-refractivity contribution < 1.29 is 14.3 Å². The molecule has 1 atom stereocenters. The van der Waals surface area contributed by atoms with Crippen LogP contribution >= 0.6 is 35.0 Å². The number of benzene rings is 2. The number of amides is 2. The third-order valence-electron chi connectivity index (χ3n) is 6.35. The van der Waals surface area contributed by atoms with Crippen molar-refractivity contribution in [1.29, 1.82) is 0 Å². The molecule has 1 saturated carbocycles. The summed E-state index contributed by atoms with van der Waals surface area (Å²) in [7, 11) is 1.62. The van der Waals surface area contributed by atoms with Gasteiger partial charge in [-0.2, -0.15) is 0 Å². The zero-order valence-corrected chi connectivity index (χ0v) is 22.7. The van der Waals surface area contributed by atoms with Gasteiger partial charge in [-0.1, -0.05) is 67.6 Å². The van der Waals surface area contributed by atoms with Gasteiger partial charge >= 0.3 is 0 Å². The Morgan fingerprint density at radius 3 is 2.46 bits per heavy atom. The van der Waals surface area contributed by atoms with E-state index in [9.17, 15) is 9.59 Å². The van der Waals surface area contributed by atoms with Crippen LogP contribution in [0.1, 0.15) is 56.6 Å². The quantitative estimate of drug-likeness (QED) is 0.356. The summed E-state index contributed by atoms with van der Waals surface area (Å²) in [4.78, 5) is 28.5. The van der Waals surface area contributed by atoms with Gasteiger partial charge in [-0.3, -0.25) is 9.59 Å². The maximum atomic E-state index is 13.4. The number of ether oxygens (including phenoxy) is 1. The third kappa shape index (κ3) is 8.33. The molecular formula is C27H34Cl2N2O3S. The predicted octanol–water partition coefficient (Wildman–Crippen LogP) is 6.49. The first-order valence-corrected chi connectivity index (χ1v) is 14.1. The highest BCUT2D eigenvalue weighted by molar-refractivity contribution is 7.99. The minimum atomic E-state index is -0.522. The van der Waals surface area contributed by atoms with Gasteiger partial charge in [-0.05, 0) is 54.7 Å². The Morgan fingerprint density at radius 2 is 1.83 bits per heavy atom. The number of thioether (sulfide) groups is 1. The number of carbonyl (C=O) groups is 2. The highest BCUT2D eigenvalue weighted by Gasteiger charge is 2.30. The minimum absolute atomic E-state index is 0.0630. The second-order valence-electron chi connectivity index (χ2n) is 8.87. The van der Waals surface area contributed by atoms with E-state index in [1.807, 2.05) is 37.3 Å². The fraction of sp³-hybridized carbons (Fsp3) is 0.481. The first kappa shape index (κ1) is 27.7. The normalized spacial score (nSPS) is 14.9. The average Bonchev–Trinajstić information content (AvgIpc) is 2.86. The third-order valence-corrected chi connectivity index (χ3v) is 7.90. The average molecular weight is 538 g/mol. The smallest absolute Gasteiger partial charge is 0.243 e. The Labute approximate surface area is 222 Å². The van der Waals surface area contributed by atoms with Crippen molar-refractivity contribution in [2.75, 3.05) is 12.9 Å². The van der Waals surface area contributed by atoms with E-state index >= 15 is 0 Å². The van der Waals surface area contributed by atoms with Crippen molar-refractivity contribution in [1.82, 2.24) is 10.2 Å². The van der Waals surface area contributed by atoms with Crippen LogP contribution in [-0.2, 0) is 21.9 Å². The number of methoxy groups -OCH3 is 1. The summed E-state index contributed by atoms with van der Waals surface area (Å²) in [5, 5.41) is 4.39. The molecule has 1 aliphatic carbocycles. The minimum Gasteiger partial charge on any atom is -0.497 e. The van der Waals surface area contributed by atoms with Crippen LogP contribution in [0.25, 0.3) is 0 Å². The molecule has 1 fully saturated rings. The van der Waals surface area contributed by atoms with Crippen molar-refractivity contribution in [2.45, 2.75) is 69.8 Å². The lowest BCUT2D eigenvalue weighted by atomic mass is 9.95. The second kappa shape index (κ2) is 14.0.